The molecule has 0 radical (unpaired) electrons. The van der Waals surface area contributed by atoms with Crippen LogP contribution in [0.25, 0.3) is 10.9 Å². The van der Waals surface area contributed by atoms with Gasteiger partial charge in [-0.25, -0.2) is 0 Å². The largest absolute Gasteiger partial charge is 0.324 e. The van der Waals surface area contributed by atoms with Gasteiger partial charge in [0, 0.05) is 18.0 Å². The molecule has 0 fully saturated rings. The summed E-state index contributed by atoms with van der Waals surface area (Å²) >= 11 is 0. The molecule has 2 aromatic rings. The quantitative estimate of drug-likeness (QED) is 0.786. The van der Waals surface area contributed by atoms with Crippen LogP contribution >= 0.6 is 0 Å². The van der Waals surface area contributed by atoms with Gasteiger partial charge in [0.2, 0.25) is 0 Å². The molecular formula is C11H15N3. The van der Waals surface area contributed by atoms with E-state index in [1.165, 1.54) is 16.5 Å². The lowest BCUT2D eigenvalue weighted by Crippen LogP contribution is -2.08. The standard InChI is InChI=1S/C11H15N3/c1-3-14-11-9(7-13-14)5-4-6-10(11)8(2)12/h4-8H,3,12H2,1-2H3. The Labute approximate surface area is 83.5 Å². The lowest BCUT2D eigenvalue weighted by atomic mass is 10.1. The number of nitrogens with zero attached hydrogens (tertiary/aromatic N) is 2. The monoisotopic (exact) mass is 189 g/mol. The fourth-order valence-electron chi connectivity index (χ4n) is 1.78. The molecule has 2 N–H and O–H groups in total. The Morgan fingerprint density at radius 1 is 1.50 bits per heavy atom. The first-order valence-corrected chi connectivity index (χ1v) is 4.94. The highest BCUT2D eigenvalue weighted by Crippen LogP contribution is 2.22. The Morgan fingerprint density at radius 3 is 2.93 bits per heavy atom. The summed E-state index contributed by atoms with van der Waals surface area (Å²) < 4.78 is 1.99. The molecule has 0 aliphatic carbocycles. The second-order valence-corrected chi connectivity index (χ2v) is 3.53. The minimum absolute atomic E-state index is 0.0562. The average Bonchev–Trinajstić information content (AvgIpc) is 2.59. The van der Waals surface area contributed by atoms with E-state index in [-0.39, 0.29) is 6.04 Å². The third-order valence-corrected chi connectivity index (χ3v) is 2.48. The highest BCUT2D eigenvalue weighted by atomic mass is 15.3. The SMILES string of the molecule is CCn1ncc2cccc(C(C)N)c21. The van der Waals surface area contributed by atoms with Crippen molar-refractivity contribution < 1.29 is 0 Å². The summed E-state index contributed by atoms with van der Waals surface area (Å²) in [4.78, 5) is 0. The van der Waals surface area contributed by atoms with E-state index in [1.807, 2.05) is 23.9 Å². The molecule has 2 rings (SSSR count). The molecule has 14 heavy (non-hydrogen) atoms. The zero-order valence-corrected chi connectivity index (χ0v) is 8.57. The third kappa shape index (κ3) is 1.30. The summed E-state index contributed by atoms with van der Waals surface area (Å²) in [7, 11) is 0. The van der Waals surface area contributed by atoms with E-state index in [0.717, 1.165) is 6.54 Å². The van der Waals surface area contributed by atoms with Gasteiger partial charge in [-0.1, -0.05) is 18.2 Å². The molecule has 1 heterocycles. The van der Waals surface area contributed by atoms with E-state index in [2.05, 4.69) is 24.2 Å². The summed E-state index contributed by atoms with van der Waals surface area (Å²) in [5.74, 6) is 0. The molecular weight excluding hydrogens is 174 g/mol. The fourth-order valence-corrected chi connectivity index (χ4v) is 1.78. The maximum Gasteiger partial charge on any atom is 0.0729 e. The van der Waals surface area contributed by atoms with Gasteiger partial charge in [-0.3, -0.25) is 4.68 Å². The first kappa shape index (κ1) is 9.21. The van der Waals surface area contributed by atoms with Gasteiger partial charge in [-0.2, -0.15) is 5.10 Å². The van der Waals surface area contributed by atoms with Crippen LogP contribution in [0.5, 0.6) is 0 Å². The highest BCUT2D eigenvalue weighted by Gasteiger charge is 2.09. The van der Waals surface area contributed by atoms with Crippen molar-refractivity contribution in [2.24, 2.45) is 5.73 Å². The molecule has 1 aromatic heterocycles. The van der Waals surface area contributed by atoms with Gasteiger partial charge in [0.15, 0.2) is 0 Å². The van der Waals surface area contributed by atoms with Gasteiger partial charge in [-0.15, -0.1) is 0 Å². The zero-order chi connectivity index (χ0) is 10.1. The predicted octanol–water partition coefficient (Wildman–Crippen LogP) is 2.08. The summed E-state index contributed by atoms with van der Waals surface area (Å²) in [6.45, 7) is 4.97. The van der Waals surface area contributed by atoms with Crippen molar-refractivity contribution in [3.63, 3.8) is 0 Å². The first-order chi connectivity index (χ1) is 6.74. The Balaban J connectivity index is 2.75. The van der Waals surface area contributed by atoms with Gasteiger partial charge >= 0.3 is 0 Å². The van der Waals surface area contributed by atoms with Crippen molar-refractivity contribution in [1.82, 2.24) is 9.78 Å². The molecule has 0 aliphatic rings. The number of benzene rings is 1. The Kier molecular flexibility index (Phi) is 2.25. The molecule has 0 aliphatic heterocycles. The van der Waals surface area contributed by atoms with Crippen molar-refractivity contribution >= 4 is 10.9 Å². The molecule has 3 heteroatoms. The maximum atomic E-state index is 5.92. The molecule has 0 amide bonds. The molecule has 3 nitrogen and oxygen atoms in total. The van der Waals surface area contributed by atoms with Crippen LogP contribution < -0.4 is 5.73 Å². The number of fused-ring (bicyclic) bond motifs is 1. The number of para-hydroxylation sites is 1. The number of nitrogens with two attached hydrogens (primary N) is 1. The van der Waals surface area contributed by atoms with Gasteiger partial charge < -0.3 is 5.73 Å². The Hall–Kier alpha value is -1.35. The van der Waals surface area contributed by atoms with E-state index < -0.39 is 0 Å². The van der Waals surface area contributed by atoms with E-state index >= 15 is 0 Å². The van der Waals surface area contributed by atoms with Crippen LogP contribution in [0.4, 0.5) is 0 Å². The minimum Gasteiger partial charge on any atom is -0.324 e. The van der Waals surface area contributed by atoms with Gasteiger partial charge in [-0.05, 0) is 19.4 Å². The van der Waals surface area contributed by atoms with Crippen LogP contribution in [0.15, 0.2) is 24.4 Å². The van der Waals surface area contributed by atoms with Crippen LogP contribution in [0, 0.1) is 0 Å². The van der Waals surface area contributed by atoms with Crippen LogP contribution in [0.2, 0.25) is 0 Å². The van der Waals surface area contributed by atoms with Crippen LogP contribution in [-0.2, 0) is 6.54 Å². The number of hydrogen-bond acceptors (Lipinski definition) is 2. The third-order valence-electron chi connectivity index (χ3n) is 2.48. The summed E-state index contributed by atoms with van der Waals surface area (Å²) in [5.41, 5.74) is 8.26. The highest BCUT2D eigenvalue weighted by molar-refractivity contribution is 5.82. The fraction of sp³-hybridized carbons (Fsp3) is 0.364. The minimum atomic E-state index is 0.0562. The topological polar surface area (TPSA) is 43.8 Å². The smallest absolute Gasteiger partial charge is 0.0729 e. The van der Waals surface area contributed by atoms with Gasteiger partial charge in [0.05, 0.1) is 11.7 Å². The number of rotatable bonds is 2. The molecule has 1 atom stereocenters. The van der Waals surface area contributed by atoms with Crippen LogP contribution in [0.3, 0.4) is 0 Å². The lowest BCUT2D eigenvalue weighted by molar-refractivity contribution is 0.676. The van der Waals surface area contributed by atoms with Crippen molar-refractivity contribution in [3.05, 3.63) is 30.0 Å². The number of hydrogen-bond donors (Lipinski definition) is 1. The van der Waals surface area contributed by atoms with E-state index in [1.54, 1.807) is 0 Å². The summed E-state index contributed by atoms with van der Waals surface area (Å²) in [6, 6.07) is 6.23. The van der Waals surface area contributed by atoms with Gasteiger partial charge in [0.1, 0.15) is 0 Å². The molecule has 1 unspecified atom stereocenters. The summed E-state index contributed by atoms with van der Waals surface area (Å²) in [5, 5.41) is 5.49. The summed E-state index contributed by atoms with van der Waals surface area (Å²) in [6.07, 6.45) is 1.89. The van der Waals surface area contributed by atoms with Crippen molar-refractivity contribution in [2.45, 2.75) is 26.4 Å². The van der Waals surface area contributed by atoms with Crippen molar-refractivity contribution in [1.29, 1.82) is 0 Å². The Morgan fingerprint density at radius 2 is 2.29 bits per heavy atom. The van der Waals surface area contributed by atoms with Crippen molar-refractivity contribution in [2.75, 3.05) is 0 Å². The lowest BCUT2D eigenvalue weighted by Gasteiger charge is -2.09. The second kappa shape index (κ2) is 3.42. The normalized spacial score (nSPS) is 13.4. The van der Waals surface area contributed by atoms with Crippen LogP contribution in [0.1, 0.15) is 25.5 Å². The maximum absolute atomic E-state index is 5.92. The van der Waals surface area contributed by atoms with Crippen LogP contribution in [-0.4, -0.2) is 9.78 Å². The van der Waals surface area contributed by atoms with Gasteiger partial charge in [0.25, 0.3) is 0 Å². The molecule has 0 saturated carbocycles. The molecule has 74 valence electrons. The first-order valence-electron chi connectivity index (χ1n) is 4.94. The zero-order valence-electron chi connectivity index (χ0n) is 8.57. The van der Waals surface area contributed by atoms with Crippen molar-refractivity contribution in [3.8, 4) is 0 Å². The predicted molar refractivity (Wildman–Crippen MR) is 58.0 cm³/mol. The van der Waals surface area contributed by atoms with E-state index in [4.69, 9.17) is 5.73 Å². The molecule has 0 bridgehead atoms. The van der Waals surface area contributed by atoms with E-state index in [9.17, 15) is 0 Å². The average molecular weight is 189 g/mol. The molecule has 0 spiro atoms. The molecule has 1 aromatic carbocycles. The second-order valence-electron chi connectivity index (χ2n) is 3.53. The number of aromatic nitrogens is 2. The number of aryl methyl sites for hydroxylation is 1. The Bertz CT molecular complexity index is 443. The molecule has 0 saturated heterocycles. The van der Waals surface area contributed by atoms with E-state index in [0.29, 0.717) is 0 Å².